The zero-order chi connectivity index (χ0) is 24.5. The summed E-state index contributed by atoms with van der Waals surface area (Å²) in [6.07, 6.45) is 12.8. The van der Waals surface area contributed by atoms with Gasteiger partial charge in [-0.15, -0.1) is 0 Å². The molecule has 0 bridgehead atoms. The van der Waals surface area contributed by atoms with Crippen LogP contribution in [0.5, 0.6) is 5.75 Å². The van der Waals surface area contributed by atoms with E-state index in [2.05, 4.69) is 50.2 Å². The smallest absolute Gasteiger partial charge is 0.343 e. The van der Waals surface area contributed by atoms with E-state index in [0.29, 0.717) is 17.2 Å². The summed E-state index contributed by atoms with van der Waals surface area (Å²) >= 11 is 0. The van der Waals surface area contributed by atoms with Crippen LogP contribution in [0.15, 0.2) is 72.8 Å². The van der Waals surface area contributed by atoms with Gasteiger partial charge in [-0.25, -0.2) is 4.79 Å². The van der Waals surface area contributed by atoms with Crippen LogP contribution in [0, 0.1) is 5.92 Å². The van der Waals surface area contributed by atoms with Gasteiger partial charge in [-0.3, -0.25) is 0 Å². The number of hydrogen-bond donors (Lipinski definition) is 0. The van der Waals surface area contributed by atoms with Crippen molar-refractivity contribution < 1.29 is 9.53 Å². The number of aryl methyl sites for hydroxylation is 1. The Hall–Kier alpha value is -2.87. The molecule has 0 N–H and O–H groups in total. The van der Waals surface area contributed by atoms with Gasteiger partial charge in [0.25, 0.3) is 0 Å². The minimum absolute atomic E-state index is 0.310. The van der Waals surface area contributed by atoms with E-state index in [1.807, 2.05) is 36.4 Å². The molecule has 0 amide bonds. The van der Waals surface area contributed by atoms with Crippen LogP contribution in [0.4, 0.5) is 0 Å². The SMILES string of the molecule is CCCCCc1ccc(-c2ccc(C(=O)Oc3ccc(C4CCC(CCC)CC4)cc3)cc2)cc1. The van der Waals surface area contributed by atoms with Gasteiger partial charge in [0, 0.05) is 0 Å². The van der Waals surface area contributed by atoms with Crippen molar-refractivity contribution in [2.45, 2.75) is 84.0 Å². The highest BCUT2D eigenvalue weighted by Crippen LogP contribution is 2.37. The van der Waals surface area contributed by atoms with E-state index in [9.17, 15) is 4.79 Å². The molecule has 2 heteroatoms. The fourth-order valence-corrected chi connectivity index (χ4v) is 5.41. The van der Waals surface area contributed by atoms with Crippen LogP contribution in [0.25, 0.3) is 11.1 Å². The Morgan fingerprint density at radius 3 is 1.97 bits per heavy atom. The highest BCUT2D eigenvalue weighted by atomic mass is 16.5. The van der Waals surface area contributed by atoms with Gasteiger partial charge in [-0.1, -0.05) is 88.1 Å². The van der Waals surface area contributed by atoms with E-state index in [1.165, 1.54) is 74.5 Å². The normalized spacial score (nSPS) is 17.8. The molecule has 0 aliphatic heterocycles. The van der Waals surface area contributed by atoms with E-state index in [1.54, 1.807) is 0 Å². The van der Waals surface area contributed by atoms with Crippen molar-refractivity contribution in [3.63, 3.8) is 0 Å². The number of unbranched alkanes of at least 4 members (excludes halogenated alkanes) is 2. The van der Waals surface area contributed by atoms with E-state index in [0.717, 1.165) is 17.9 Å². The number of carbonyl (C=O) groups excluding carboxylic acids is 1. The van der Waals surface area contributed by atoms with E-state index in [-0.39, 0.29) is 5.97 Å². The summed E-state index contributed by atoms with van der Waals surface area (Å²) in [5, 5.41) is 0. The molecule has 1 aliphatic rings. The first-order valence-electron chi connectivity index (χ1n) is 13.7. The van der Waals surface area contributed by atoms with Crippen LogP contribution in [-0.4, -0.2) is 5.97 Å². The van der Waals surface area contributed by atoms with E-state index in [4.69, 9.17) is 4.74 Å². The number of carbonyl (C=O) groups is 1. The second-order valence-electron chi connectivity index (χ2n) is 10.2. The summed E-state index contributed by atoms with van der Waals surface area (Å²) in [7, 11) is 0. The number of rotatable bonds is 10. The fourth-order valence-electron chi connectivity index (χ4n) is 5.41. The predicted octanol–water partition coefficient (Wildman–Crippen LogP) is 9.38. The second-order valence-corrected chi connectivity index (χ2v) is 10.2. The lowest BCUT2D eigenvalue weighted by molar-refractivity contribution is 0.0734. The van der Waals surface area contributed by atoms with E-state index >= 15 is 0 Å². The molecular weight excluding hydrogens is 428 g/mol. The molecule has 35 heavy (non-hydrogen) atoms. The van der Waals surface area contributed by atoms with Crippen molar-refractivity contribution in [2.24, 2.45) is 5.92 Å². The van der Waals surface area contributed by atoms with Crippen molar-refractivity contribution >= 4 is 5.97 Å². The first-order valence-corrected chi connectivity index (χ1v) is 13.7. The predicted molar refractivity (Wildman–Crippen MR) is 146 cm³/mol. The van der Waals surface area contributed by atoms with Crippen molar-refractivity contribution in [3.8, 4) is 16.9 Å². The van der Waals surface area contributed by atoms with Gasteiger partial charge < -0.3 is 4.74 Å². The highest BCUT2D eigenvalue weighted by Gasteiger charge is 2.22. The molecule has 0 atom stereocenters. The minimum atomic E-state index is -0.310. The van der Waals surface area contributed by atoms with Gasteiger partial charge in [0.1, 0.15) is 5.75 Å². The highest BCUT2D eigenvalue weighted by molar-refractivity contribution is 5.91. The van der Waals surface area contributed by atoms with Crippen molar-refractivity contribution in [1.82, 2.24) is 0 Å². The molecule has 184 valence electrons. The molecule has 3 aromatic rings. The third-order valence-corrected chi connectivity index (χ3v) is 7.58. The van der Waals surface area contributed by atoms with Crippen LogP contribution in [0.1, 0.15) is 99.0 Å². The Morgan fingerprint density at radius 1 is 0.743 bits per heavy atom. The Labute approximate surface area is 211 Å². The summed E-state index contributed by atoms with van der Waals surface area (Å²) in [6.45, 7) is 4.52. The second kappa shape index (κ2) is 12.7. The Balaban J connectivity index is 1.30. The lowest BCUT2D eigenvalue weighted by Gasteiger charge is -2.28. The largest absolute Gasteiger partial charge is 0.423 e. The van der Waals surface area contributed by atoms with Gasteiger partial charge in [-0.05, 0) is 96.9 Å². The zero-order valence-corrected chi connectivity index (χ0v) is 21.5. The fraction of sp³-hybridized carbons (Fsp3) is 0.424. The molecule has 0 radical (unpaired) electrons. The number of ether oxygens (including phenoxy) is 1. The molecule has 2 nitrogen and oxygen atoms in total. The van der Waals surface area contributed by atoms with Crippen molar-refractivity contribution in [3.05, 3.63) is 89.5 Å². The standard InChI is InChI=1S/C33H40O2/c1-3-5-6-8-26-11-15-27(16-12-26)29-17-19-31(20-18-29)33(34)35-32-23-21-30(22-24-32)28-13-9-25(7-4-2)10-14-28/h11-12,15-25,28H,3-10,13-14H2,1-2H3. The van der Waals surface area contributed by atoms with Gasteiger partial charge in [0.2, 0.25) is 0 Å². The molecule has 0 saturated heterocycles. The maximum atomic E-state index is 12.7. The van der Waals surface area contributed by atoms with Gasteiger partial charge in [0.05, 0.1) is 5.56 Å². The van der Waals surface area contributed by atoms with Gasteiger partial charge >= 0.3 is 5.97 Å². The van der Waals surface area contributed by atoms with Crippen LogP contribution in [-0.2, 0) is 6.42 Å². The first-order chi connectivity index (χ1) is 17.2. The molecular formula is C33H40O2. The average Bonchev–Trinajstić information content (AvgIpc) is 2.90. The molecule has 3 aromatic carbocycles. The van der Waals surface area contributed by atoms with Crippen LogP contribution in [0.3, 0.4) is 0 Å². The molecule has 1 fully saturated rings. The van der Waals surface area contributed by atoms with Crippen molar-refractivity contribution in [1.29, 1.82) is 0 Å². The minimum Gasteiger partial charge on any atom is -0.423 e. The van der Waals surface area contributed by atoms with Crippen LogP contribution < -0.4 is 4.74 Å². The summed E-state index contributed by atoms with van der Waals surface area (Å²) in [6, 6.07) is 24.7. The monoisotopic (exact) mass is 468 g/mol. The Bertz CT molecular complexity index is 1040. The quantitative estimate of drug-likeness (QED) is 0.168. The summed E-state index contributed by atoms with van der Waals surface area (Å²) in [4.78, 5) is 12.7. The summed E-state index contributed by atoms with van der Waals surface area (Å²) in [5.74, 6) is 1.86. The topological polar surface area (TPSA) is 26.3 Å². The molecule has 4 rings (SSSR count). The zero-order valence-electron chi connectivity index (χ0n) is 21.5. The molecule has 0 heterocycles. The molecule has 1 aliphatic carbocycles. The lowest BCUT2D eigenvalue weighted by atomic mass is 9.77. The van der Waals surface area contributed by atoms with Crippen LogP contribution in [0.2, 0.25) is 0 Å². The molecule has 0 spiro atoms. The van der Waals surface area contributed by atoms with Gasteiger partial charge in [0.15, 0.2) is 0 Å². The third-order valence-electron chi connectivity index (χ3n) is 7.58. The average molecular weight is 469 g/mol. The first kappa shape index (κ1) is 25.2. The van der Waals surface area contributed by atoms with Crippen LogP contribution >= 0.6 is 0 Å². The maximum Gasteiger partial charge on any atom is 0.343 e. The third kappa shape index (κ3) is 7.07. The maximum absolute atomic E-state index is 12.7. The number of hydrogen-bond acceptors (Lipinski definition) is 2. The number of benzene rings is 3. The van der Waals surface area contributed by atoms with Crippen molar-refractivity contribution in [2.75, 3.05) is 0 Å². The Morgan fingerprint density at radius 2 is 1.37 bits per heavy atom. The summed E-state index contributed by atoms with van der Waals surface area (Å²) < 4.78 is 5.66. The lowest BCUT2D eigenvalue weighted by Crippen LogP contribution is -2.13. The van der Waals surface area contributed by atoms with Gasteiger partial charge in [-0.2, -0.15) is 0 Å². The molecule has 0 unspecified atom stereocenters. The summed E-state index contributed by atoms with van der Waals surface area (Å²) in [5.41, 5.74) is 5.62. The Kier molecular flexibility index (Phi) is 9.17. The molecule has 1 saturated carbocycles. The number of esters is 1. The molecule has 0 aromatic heterocycles. The van der Waals surface area contributed by atoms with E-state index < -0.39 is 0 Å².